The molecule has 1 aromatic heterocycles. The standard InChI is InChI=1S/C24H27F3N2O3S/c1-13-8-17(9-14(2)16(13)4)23(5)11-19(29-32-23)20-10-15(3)21(33-20)22(31)28-12-18(30)6-7-24(25,26)27/h8-10H,6-7,11-12H2,1-5H3,(H,28,31)/t23-/m0/s1. The van der Waals surface area contributed by atoms with E-state index in [0.29, 0.717) is 16.9 Å². The summed E-state index contributed by atoms with van der Waals surface area (Å²) in [4.78, 5) is 31.2. The van der Waals surface area contributed by atoms with E-state index in [1.54, 1.807) is 6.92 Å². The number of aryl methyl sites for hydroxylation is 3. The Hall–Kier alpha value is -2.68. The SMILES string of the molecule is Cc1cc(C2=NO[C@](C)(c3cc(C)c(C)c(C)c3)C2)sc1C(=O)NCC(=O)CCC(F)(F)F. The molecule has 178 valence electrons. The number of rotatable bonds is 7. The zero-order valence-electron chi connectivity index (χ0n) is 19.3. The van der Waals surface area contributed by atoms with Gasteiger partial charge in [-0.1, -0.05) is 17.3 Å². The van der Waals surface area contributed by atoms with Crippen LogP contribution in [0.2, 0.25) is 0 Å². The van der Waals surface area contributed by atoms with E-state index in [9.17, 15) is 22.8 Å². The molecule has 5 nitrogen and oxygen atoms in total. The first-order valence-electron chi connectivity index (χ1n) is 10.6. The quantitative estimate of drug-likeness (QED) is 0.556. The zero-order valence-corrected chi connectivity index (χ0v) is 20.1. The van der Waals surface area contributed by atoms with Gasteiger partial charge in [0.25, 0.3) is 5.91 Å². The summed E-state index contributed by atoms with van der Waals surface area (Å²) in [6.45, 7) is 9.52. The summed E-state index contributed by atoms with van der Waals surface area (Å²) in [5.41, 5.74) is 5.44. The van der Waals surface area contributed by atoms with Crippen LogP contribution in [0.3, 0.4) is 0 Å². The Bertz CT molecular complexity index is 1100. The van der Waals surface area contributed by atoms with Gasteiger partial charge in [0.15, 0.2) is 11.4 Å². The van der Waals surface area contributed by atoms with Crippen molar-refractivity contribution >= 4 is 28.7 Å². The Morgan fingerprint density at radius 3 is 2.36 bits per heavy atom. The first-order chi connectivity index (χ1) is 15.3. The van der Waals surface area contributed by atoms with Crippen molar-refractivity contribution in [3.05, 3.63) is 55.8 Å². The lowest BCUT2D eigenvalue weighted by atomic mass is 9.87. The predicted octanol–water partition coefficient (Wildman–Crippen LogP) is 5.66. The van der Waals surface area contributed by atoms with Crippen LogP contribution in [0.5, 0.6) is 0 Å². The summed E-state index contributed by atoms with van der Waals surface area (Å²) in [5.74, 6) is -1.15. The van der Waals surface area contributed by atoms with E-state index < -0.39 is 42.9 Å². The van der Waals surface area contributed by atoms with Gasteiger partial charge in [-0.25, -0.2) is 0 Å². The van der Waals surface area contributed by atoms with Crippen LogP contribution in [0.25, 0.3) is 0 Å². The number of carbonyl (C=O) groups excluding carboxylic acids is 2. The number of carbonyl (C=O) groups is 2. The lowest BCUT2D eigenvalue weighted by molar-refractivity contribution is -0.142. The minimum absolute atomic E-state index is 0.395. The molecule has 0 unspecified atom stereocenters. The molecule has 2 heterocycles. The summed E-state index contributed by atoms with van der Waals surface area (Å²) in [6.07, 6.45) is -5.70. The number of thiophene rings is 1. The van der Waals surface area contributed by atoms with Gasteiger partial charge >= 0.3 is 6.18 Å². The molecule has 9 heteroatoms. The van der Waals surface area contributed by atoms with Crippen molar-refractivity contribution in [2.75, 3.05) is 6.54 Å². The molecule has 1 aliphatic rings. The maximum absolute atomic E-state index is 12.5. The lowest BCUT2D eigenvalue weighted by Gasteiger charge is -2.23. The lowest BCUT2D eigenvalue weighted by Crippen LogP contribution is -2.29. The molecule has 0 saturated carbocycles. The molecule has 0 saturated heterocycles. The highest BCUT2D eigenvalue weighted by atomic mass is 32.1. The van der Waals surface area contributed by atoms with E-state index in [1.165, 1.54) is 28.0 Å². The largest absolute Gasteiger partial charge is 0.389 e. The molecular formula is C24H27F3N2O3S. The molecule has 1 amide bonds. The van der Waals surface area contributed by atoms with Crippen molar-refractivity contribution in [3.63, 3.8) is 0 Å². The van der Waals surface area contributed by atoms with Crippen LogP contribution < -0.4 is 5.32 Å². The molecule has 1 atom stereocenters. The highest BCUT2D eigenvalue weighted by molar-refractivity contribution is 7.16. The summed E-state index contributed by atoms with van der Waals surface area (Å²) >= 11 is 1.22. The Morgan fingerprint density at radius 1 is 1.12 bits per heavy atom. The summed E-state index contributed by atoms with van der Waals surface area (Å²) in [6, 6.07) is 6.05. The Kier molecular flexibility index (Phi) is 7.02. The molecule has 3 rings (SSSR count). The van der Waals surface area contributed by atoms with E-state index in [1.807, 2.05) is 13.0 Å². The number of Topliss-reactive ketones (excluding diaryl/α,β-unsaturated/α-hetero) is 1. The minimum atomic E-state index is -4.40. The number of ketones is 1. The number of nitrogens with zero attached hydrogens (tertiary/aromatic N) is 1. The summed E-state index contributed by atoms with van der Waals surface area (Å²) < 4.78 is 36.7. The third-order valence-corrected chi connectivity index (χ3v) is 7.23. The van der Waals surface area contributed by atoms with Crippen molar-refractivity contribution in [2.24, 2.45) is 5.16 Å². The number of oxime groups is 1. The third kappa shape index (κ3) is 5.82. The average Bonchev–Trinajstić information content (AvgIpc) is 3.31. The van der Waals surface area contributed by atoms with E-state index in [-0.39, 0.29) is 0 Å². The molecule has 0 bridgehead atoms. The van der Waals surface area contributed by atoms with Crippen LogP contribution in [-0.2, 0) is 15.2 Å². The van der Waals surface area contributed by atoms with Crippen LogP contribution in [-0.4, -0.2) is 30.1 Å². The maximum Gasteiger partial charge on any atom is 0.389 e. The topological polar surface area (TPSA) is 67.8 Å². The third-order valence-electron chi connectivity index (χ3n) is 5.94. The summed E-state index contributed by atoms with van der Waals surface area (Å²) in [7, 11) is 0. The number of hydrogen-bond acceptors (Lipinski definition) is 5. The fourth-order valence-corrected chi connectivity index (χ4v) is 4.71. The Labute approximate surface area is 195 Å². The predicted molar refractivity (Wildman–Crippen MR) is 122 cm³/mol. The van der Waals surface area contributed by atoms with E-state index >= 15 is 0 Å². The van der Waals surface area contributed by atoms with Gasteiger partial charge in [0.1, 0.15) is 5.71 Å². The van der Waals surface area contributed by atoms with Gasteiger partial charge in [-0.15, -0.1) is 11.3 Å². The van der Waals surface area contributed by atoms with Gasteiger partial charge in [0.2, 0.25) is 0 Å². The van der Waals surface area contributed by atoms with Crippen molar-refractivity contribution < 1.29 is 27.6 Å². The van der Waals surface area contributed by atoms with Crippen molar-refractivity contribution in [3.8, 4) is 0 Å². The van der Waals surface area contributed by atoms with Crippen LogP contribution in [0.4, 0.5) is 13.2 Å². The van der Waals surface area contributed by atoms with Crippen LogP contribution in [0.1, 0.15) is 68.6 Å². The van der Waals surface area contributed by atoms with Crippen LogP contribution in [0, 0.1) is 27.7 Å². The number of benzene rings is 1. The molecule has 1 aliphatic heterocycles. The number of alkyl halides is 3. The molecule has 2 aromatic rings. The minimum Gasteiger partial charge on any atom is -0.384 e. The first-order valence-corrected chi connectivity index (χ1v) is 11.4. The average molecular weight is 481 g/mol. The van der Waals surface area contributed by atoms with Gasteiger partial charge in [-0.05, 0) is 68.5 Å². The molecule has 0 spiro atoms. The second kappa shape index (κ2) is 9.29. The van der Waals surface area contributed by atoms with Gasteiger partial charge in [0.05, 0.1) is 22.7 Å². The second-order valence-corrected chi connectivity index (χ2v) is 9.78. The zero-order chi connectivity index (χ0) is 24.6. The molecule has 0 aliphatic carbocycles. The van der Waals surface area contributed by atoms with E-state index in [0.717, 1.165) is 16.2 Å². The summed E-state index contributed by atoms with van der Waals surface area (Å²) in [5, 5.41) is 6.71. The highest BCUT2D eigenvalue weighted by Crippen LogP contribution is 2.39. The number of nitrogens with one attached hydrogen (secondary N) is 1. The number of halogens is 3. The monoisotopic (exact) mass is 480 g/mol. The molecular weight excluding hydrogens is 453 g/mol. The Balaban J connectivity index is 1.67. The highest BCUT2D eigenvalue weighted by Gasteiger charge is 2.38. The van der Waals surface area contributed by atoms with Crippen LogP contribution >= 0.6 is 11.3 Å². The Morgan fingerprint density at radius 2 is 1.76 bits per heavy atom. The van der Waals surface area contributed by atoms with Gasteiger partial charge < -0.3 is 10.2 Å². The van der Waals surface area contributed by atoms with E-state index in [4.69, 9.17) is 4.84 Å². The van der Waals surface area contributed by atoms with Crippen molar-refractivity contribution in [2.45, 2.75) is 65.7 Å². The maximum atomic E-state index is 12.5. The first kappa shape index (κ1) is 25.0. The van der Waals surface area contributed by atoms with Crippen LogP contribution in [0.15, 0.2) is 23.4 Å². The second-order valence-electron chi connectivity index (χ2n) is 8.73. The van der Waals surface area contributed by atoms with Crippen molar-refractivity contribution in [1.82, 2.24) is 5.32 Å². The molecule has 0 radical (unpaired) electrons. The molecule has 1 aromatic carbocycles. The number of hydrogen-bond donors (Lipinski definition) is 1. The number of amides is 1. The molecule has 33 heavy (non-hydrogen) atoms. The fraction of sp³-hybridized carbons (Fsp3) is 0.458. The smallest absolute Gasteiger partial charge is 0.384 e. The fourth-order valence-electron chi connectivity index (χ4n) is 3.65. The normalized spacial score (nSPS) is 18.1. The van der Waals surface area contributed by atoms with Gasteiger partial charge in [-0.3, -0.25) is 9.59 Å². The van der Waals surface area contributed by atoms with Crippen molar-refractivity contribution in [1.29, 1.82) is 0 Å². The molecule has 1 N–H and O–H groups in total. The van der Waals surface area contributed by atoms with Gasteiger partial charge in [-0.2, -0.15) is 13.2 Å². The molecule has 0 fully saturated rings. The van der Waals surface area contributed by atoms with Gasteiger partial charge in [0, 0.05) is 12.8 Å². The van der Waals surface area contributed by atoms with E-state index in [2.05, 4.69) is 43.4 Å².